The molecular formula is C27H26F3N3O4. The van der Waals surface area contributed by atoms with Crippen molar-refractivity contribution in [3.05, 3.63) is 77.6 Å². The number of aryl methyl sites for hydroxylation is 1. The molecule has 0 radical (unpaired) electrons. The molecule has 1 fully saturated rings. The number of pyridine rings is 1. The molecule has 0 bridgehead atoms. The van der Waals surface area contributed by atoms with Crippen molar-refractivity contribution >= 4 is 17.4 Å². The highest BCUT2D eigenvalue weighted by molar-refractivity contribution is 6.00. The monoisotopic (exact) mass is 513 g/mol. The Morgan fingerprint density at radius 3 is 2.49 bits per heavy atom. The van der Waals surface area contributed by atoms with Gasteiger partial charge in [0.1, 0.15) is 0 Å². The maximum absolute atomic E-state index is 13.0. The Morgan fingerprint density at radius 1 is 1.08 bits per heavy atom. The molecule has 0 spiro atoms. The van der Waals surface area contributed by atoms with E-state index < -0.39 is 18.0 Å². The van der Waals surface area contributed by atoms with Crippen LogP contribution in [0, 0.1) is 6.92 Å². The first-order chi connectivity index (χ1) is 17.7. The van der Waals surface area contributed by atoms with E-state index in [4.69, 9.17) is 4.74 Å². The second-order valence-electron chi connectivity index (χ2n) is 8.63. The van der Waals surface area contributed by atoms with Crippen molar-refractivity contribution in [1.82, 2.24) is 9.88 Å². The van der Waals surface area contributed by atoms with Gasteiger partial charge in [-0.15, -0.1) is 13.2 Å². The van der Waals surface area contributed by atoms with Crippen molar-refractivity contribution in [1.29, 1.82) is 0 Å². The molecule has 1 N–H and O–H groups in total. The minimum absolute atomic E-state index is 0.0181. The van der Waals surface area contributed by atoms with Gasteiger partial charge in [-0.05, 0) is 42.3 Å². The molecule has 0 unspecified atom stereocenters. The highest BCUT2D eigenvalue weighted by atomic mass is 19.4. The lowest BCUT2D eigenvalue weighted by Gasteiger charge is -2.26. The Morgan fingerprint density at radius 2 is 1.81 bits per heavy atom. The van der Waals surface area contributed by atoms with Crippen LogP contribution in [0.5, 0.6) is 5.75 Å². The summed E-state index contributed by atoms with van der Waals surface area (Å²) in [5.41, 5.74) is 3.51. The van der Waals surface area contributed by atoms with Gasteiger partial charge in [0.15, 0.2) is 11.5 Å². The van der Waals surface area contributed by atoms with Gasteiger partial charge in [0.2, 0.25) is 5.91 Å². The quantitative estimate of drug-likeness (QED) is 0.442. The maximum atomic E-state index is 13.0. The number of Topliss-reactive ketones (excluding diaryl/α,β-unsaturated/α-hetero) is 1. The third kappa shape index (κ3) is 7.37. The number of alkyl halides is 3. The normalized spacial score (nSPS) is 14.3. The van der Waals surface area contributed by atoms with Crippen LogP contribution >= 0.6 is 0 Å². The number of hydrogen-bond acceptors (Lipinski definition) is 6. The Bertz CT molecular complexity index is 1260. The summed E-state index contributed by atoms with van der Waals surface area (Å²) in [6.45, 7) is 3.92. The topological polar surface area (TPSA) is 80.8 Å². The molecule has 194 valence electrons. The van der Waals surface area contributed by atoms with Crippen LogP contribution in [0.25, 0.3) is 11.1 Å². The van der Waals surface area contributed by atoms with Crippen LogP contribution in [0.3, 0.4) is 0 Å². The van der Waals surface area contributed by atoms with Crippen LogP contribution in [0.1, 0.15) is 21.6 Å². The van der Waals surface area contributed by atoms with Gasteiger partial charge >= 0.3 is 6.36 Å². The lowest BCUT2D eigenvalue weighted by molar-refractivity contribution is -0.274. The van der Waals surface area contributed by atoms with E-state index in [1.807, 2.05) is 48.2 Å². The van der Waals surface area contributed by atoms with Crippen molar-refractivity contribution in [2.24, 2.45) is 0 Å². The molecule has 1 aliphatic rings. The summed E-state index contributed by atoms with van der Waals surface area (Å²) < 4.78 is 48.1. The Balaban J connectivity index is 1.49. The first-order valence-electron chi connectivity index (χ1n) is 11.7. The SMILES string of the molecule is Cc1ncccc1-c1ccc(CC(=O)c2ccc(OC(F)(F)F)c(NC(=O)CN3CCOCC3)c2)cc1. The summed E-state index contributed by atoms with van der Waals surface area (Å²) in [5, 5.41) is 2.47. The van der Waals surface area contributed by atoms with E-state index in [0.29, 0.717) is 26.3 Å². The van der Waals surface area contributed by atoms with Crippen LogP contribution in [-0.4, -0.2) is 60.8 Å². The smallest absolute Gasteiger partial charge is 0.404 e. The molecule has 4 rings (SSSR count). The van der Waals surface area contributed by atoms with E-state index >= 15 is 0 Å². The van der Waals surface area contributed by atoms with Gasteiger partial charge in [-0.1, -0.05) is 30.3 Å². The number of amides is 1. The summed E-state index contributed by atoms with van der Waals surface area (Å²) >= 11 is 0. The van der Waals surface area contributed by atoms with Crippen LogP contribution in [-0.2, 0) is 16.0 Å². The summed E-state index contributed by atoms with van der Waals surface area (Å²) in [5.74, 6) is -1.41. The average molecular weight is 514 g/mol. The molecule has 1 saturated heterocycles. The first-order valence-corrected chi connectivity index (χ1v) is 11.7. The molecule has 37 heavy (non-hydrogen) atoms. The molecular weight excluding hydrogens is 487 g/mol. The number of hydrogen-bond donors (Lipinski definition) is 1. The largest absolute Gasteiger partial charge is 0.573 e. The fourth-order valence-corrected chi connectivity index (χ4v) is 4.05. The number of aromatic nitrogens is 1. The molecule has 0 atom stereocenters. The van der Waals surface area contributed by atoms with E-state index in [2.05, 4.69) is 15.0 Å². The predicted octanol–water partition coefficient (Wildman–Crippen LogP) is 4.65. The number of nitrogens with zero attached hydrogens (tertiary/aromatic N) is 2. The van der Waals surface area contributed by atoms with Crippen molar-refractivity contribution in [2.45, 2.75) is 19.7 Å². The van der Waals surface area contributed by atoms with Crippen LogP contribution in [0.4, 0.5) is 18.9 Å². The van der Waals surface area contributed by atoms with Crippen LogP contribution < -0.4 is 10.1 Å². The summed E-state index contributed by atoms with van der Waals surface area (Å²) in [7, 11) is 0. The summed E-state index contributed by atoms with van der Waals surface area (Å²) in [4.78, 5) is 31.6. The van der Waals surface area contributed by atoms with E-state index in [1.54, 1.807) is 6.20 Å². The van der Waals surface area contributed by atoms with Crippen molar-refractivity contribution in [3.63, 3.8) is 0 Å². The van der Waals surface area contributed by atoms with Crippen LogP contribution in [0.15, 0.2) is 60.8 Å². The van der Waals surface area contributed by atoms with Gasteiger partial charge in [-0.25, -0.2) is 0 Å². The predicted molar refractivity (Wildman–Crippen MR) is 131 cm³/mol. The zero-order valence-corrected chi connectivity index (χ0v) is 20.2. The number of rotatable bonds is 8. The van der Waals surface area contributed by atoms with Gasteiger partial charge in [-0.2, -0.15) is 0 Å². The number of halogens is 3. The average Bonchev–Trinajstić information content (AvgIpc) is 2.86. The third-order valence-corrected chi connectivity index (χ3v) is 5.91. The number of carbonyl (C=O) groups excluding carboxylic acids is 2. The van der Waals surface area contributed by atoms with Gasteiger partial charge in [0.25, 0.3) is 0 Å². The minimum atomic E-state index is -4.95. The second-order valence-corrected chi connectivity index (χ2v) is 8.63. The number of benzene rings is 2. The lowest BCUT2D eigenvalue weighted by atomic mass is 9.99. The van der Waals surface area contributed by atoms with E-state index in [9.17, 15) is 22.8 Å². The molecule has 10 heteroatoms. The zero-order valence-electron chi connectivity index (χ0n) is 20.2. The molecule has 1 amide bonds. The number of morpholine rings is 1. The molecule has 1 aliphatic heterocycles. The number of anilines is 1. The molecule has 1 aromatic heterocycles. The summed E-state index contributed by atoms with van der Waals surface area (Å²) in [6, 6.07) is 14.8. The number of carbonyl (C=O) groups is 2. The first kappa shape index (κ1) is 26.3. The van der Waals surface area contributed by atoms with E-state index in [-0.39, 0.29) is 30.0 Å². The molecule has 0 saturated carbocycles. The van der Waals surface area contributed by atoms with E-state index in [1.165, 1.54) is 12.1 Å². The van der Waals surface area contributed by atoms with E-state index in [0.717, 1.165) is 28.5 Å². The van der Waals surface area contributed by atoms with Gasteiger partial charge in [-0.3, -0.25) is 19.5 Å². The Hall–Kier alpha value is -3.76. The molecule has 7 nitrogen and oxygen atoms in total. The van der Waals surface area contributed by atoms with Crippen molar-refractivity contribution in [2.75, 3.05) is 38.2 Å². The Kier molecular flexibility index (Phi) is 8.20. The zero-order chi connectivity index (χ0) is 26.4. The van der Waals surface area contributed by atoms with Crippen molar-refractivity contribution in [3.8, 4) is 16.9 Å². The second kappa shape index (κ2) is 11.5. The summed E-state index contributed by atoms with van der Waals surface area (Å²) in [6.07, 6.45) is -3.20. The highest BCUT2D eigenvalue weighted by Gasteiger charge is 2.32. The van der Waals surface area contributed by atoms with Crippen molar-refractivity contribution < 1.29 is 32.2 Å². The van der Waals surface area contributed by atoms with Gasteiger partial charge in [0, 0.05) is 42.5 Å². The molecule has 0 aliphatic carbocycles. The Labute approximate surface area is 212 Å². The number of nitrogens with one attached hydrogen (secondary N) is 1. The van der Waals surface area contributed by atoms with Gasteiger partial charge in [0.05, 0.1) is 25.4 Å². The highest BCUT2D eigenvalue weighted by Crippen LogP contribution is 2.32. The van der Waals surface area contributed by atoms with Gasteiger partial charge < -0.3 is 14.8 Å². The standard InChI is InChI=1S/C27H26F3N3O4/c1-18-22(3-2-10-31-18)20-6-4-19(5-7-20)15-24(34)21-8-9-25(37-27(28,29)30)23(16-21)32-26(35)17-33-11-13-36-14-12-33/h2-10,16H,11-15,17H2,1H3,(H,32,35). The lowest BCUT2D eigenvalue weighted by Crippen LogP contribution is -2.41. The molecule has 2 heterocycles. The number of ether oxygens (including phenoxy) is 2. The third-order valence-electron chi connectivity index (χ3n) is 5.91. The minimum Gasteiger partial charge on any atom is -0.404 e. The fourth-order valence-electron chi connectivity index (χ4n) is 4.05. The number of ketones is 1. The fraction of sp³-hybridized carbons (Fsp3) is 0.296. The van der Waals surface area contributed by atoms with Crippen LogP contribution in [0.2, 0.25) is 0 Å². The molecule has 3 aromatic rings. The molecule has 2 aromatic carbocycles. The maximum Gasteiger partial charge on any atom is 0.573 e.